The van der Waals surface area contributed by atoms with Gasteiger partial charge in [-0.2, -0.15) is 0 Å². The van der Waals surface area contributed by atoms with Crippen LogP contribution in [0.3, 0.4) is 0 Å². The summed E-state index contributed by atoms with van der Waals surface area (Å²) in [6.45, 7) is 5.82. The highest BCUT2D eigenvalue weighted by Gasteiger charge is 2.47. The molecule has 1 heterocycles. The van der Waals surface area contributed by atoms with E-state index >= 15 is 0 Å². The SMILES string of the molecule is CCCCCCCCCCC/C=C/C(O)C(COC1OC(CO)C(O)C(O)C1OC(=O)CCCCCCCCCCCCCCCCCCCCCCCCCCCCC)NC(=O)C(O)CCCCCCCCCCCCCC. The number of hydrogen-bond acceptors (Lipinski definition) is 10. The van der Waals surface area contributed by atoms with Gasteiger partial charge in [0.05, 0.1) is 25.4 Å². The zero-order chi connectivity index (χ0) is 57.5. The van der Waals surface area contributed by atoms with Crippen LogP contribution in [0.15, 0.2) is 12.2 Å². The number of nitrogens with one attached hydrogen (secondary N) is 1. The second-order valence-corrected chi connectivity index (χ2v) is 24.3. The molecule has 0 aromatic carbocycles. The van der Waals surface area contributed by atoms with Gasteiger partial charge in [0.1, 0.15) is 24.4 Å². The molecule has 11 heteroatoms. The van der Waals surface area contributed by atoms with Crippen LogP contribution >= 0.6 is 0 Å². The zero-order valence-electron chi connectivity index (χ0n) is 52.0. The number of aliphatic hydroxyl groups excluding tert-OH is 5. The van der Waals surface area contributed by atoms with Crippen LogP contribution in [0.2, 0.25) is 0 Å². The van der Waals surface area contributed by atoms with Gasteiger partial charge in [0, 0.05) is 6.42 Å². The number of aliphatic hydroxyl groups is 5. The molecule has 1 aliphatic heterocycles. The fraction of sp³-hybridized carbons (Fsp3) is 0.941. The summed E-state index contributed by atoms with van der Waals surface area (Å²) >= 11 is 0. The molecule has 1 amide bonds. The van der Waals surface area contributed by atoms with Crippen LogP contribution in [0.1, 0.15) is 348 Å². The number of ether oxygens (including phenoxy) is 3. The lowest BCUT2D eigenvalue weighted by Crippen LogP contribution is -2.61. The highest BCUT2D eigenvalue weighted by atomic mass is 16.7. The molecule has 1 fully saturated rings. The van der Waals surface area contributed by atoms with E-state index in [2.05, 4.69) is 26.1 Å². The van der Waals surface area contributed by atoms with E-state index in [1.165, 1.54) is 244 Å². The van der Waals surface area contributed by atoms with Crippen LogP contribution in [0.25, 0.3) is 0 Å². The van der Waals surface area contributed by atoms with Gasteiger partial charge in [-0.05, 0) is 25.7 Å². The molecule has 6 N–H and O–H groups in total. The Morgan fingerprint density at radius 1 is 0.481 bits per heavy atom. The lowest BCUT2D eigenvalue weighted by Gasteiger charge is -2.41. The van der Waals surface area contributed by atoms with Crippen molar-refractivity contribution in [1.82, 2.24) is 5.32 Å². The van der Waals surface area contributed by atoms with E-state index in [-0.39, 0.29) is 13.0 Å². The van der Waals surface area contributed by atoms with Crippen molar-refractivity contribution in [3.63, 3.8) is 0 Å². The van der Waals surface area contributed by atoms with Crippen LogP contribution in [0.5, 0.6) is 0 Å². The Bertz CT molecular complexity index is 1340. The van der Waals surface area contributed by atoms with Crippen molar-refractivity contribution in [2.75, 3.05) is 13.2 Å². The molecule has 1 saturated heterocycles. The third kappa shape index (κ3) is 44.6. The van der Waals surface area contributed by atoms with E-state index in [1.54, 1.807) is 6.08 Å². The highest BCUT2D eigenvalue weighted by Crippen LogP contribution is 2.26. The van der Waals surface area contributed by atoms with Gasteiger partial charge < -0.3 is 45.1 Å². The molecular formula is C68H131NO10. The summed E-state index contributed by atoms with van der Waals surface area (Å²) in [6, 6.07) is -1.02. The van der Waals surface area contributed by atoms with Crippen molar-refractivity contribution >= 4 is 11.9 Å². The van der Waals surface area contributed by atoms with Crippen LogP contribution in [0, 0.1) is 0 Å². The summed E-state index contributed by atoms with van der Waals surface area (Å²) in [5, 5.41) is 57.0. The maximum absolute atomic E-state index is 13.4. The minimum atomic E-state index is -1.61. The van der Waals surface area contributed by atoms with Gasteiger partial charge in [-0.3, -0.25) is 9.59 Å². The summed E-state index contributed by atoms with van der Waals surface area (Å²) in [5.41, 5.74) is 0. The quantitative estimate of drug-likeness (QED) is 0.0195. The topological polar surface area (TPSA) is 175 Å². The Morgan fingerprint density at radius 2 is 0.823 bits per heavy atom. The molecular weight excluding hydrogens is 991 g/mol. The van der Waals surface area contributed by atoms with Gasteiger partial charge in [0.25, 0.3) is 0 Å². The molecule has 8 atom stereocenters. The third-order valence-corrected chi connectivity index (χ3v) is 16.7. The van der Waals surface area contributed by atoms with Crippen LogP contribution in [-0.2, 0) is 23.8 Å². The summed E-state index contributed by atoms with van der Waals surface area (Å²) in [4.78, 5) is 26.6. The van der Waals surface area contributed by atoms with Gasteiger partial charge in [-0.25, -0.2) is 0 Å². The minimum Gasteiger partial charge on any atom is -0.454 e. The number of rotatable bonds is 60. The second kappa shape index (κ2) is 56.9. The number of esters is 1. The maximum atomic E-state index is 13.4. The molecule has 0 radical (unpaired) electrons. The fourth-order valence-electron chi connectivity index (χ4n) is 11.2. The number of carbonyl (C=O) groups is 2. The molecule has 8 unspecified atom stereocenters. The van der Waals surface area contributed by atoms with Gasteiger partial charge in [0.2, 0.25) is 5.91 Å². The average molecular weight is 1120 g/mol. The largest absolute Gasteiger partial charge is 0.454 e. The Labute approximate surface area is 487 Å². The van der Waals surface area contributed by atoms with Crippen molar-refractivity contribution < 1.29 is 49.3 Å². The molecule has 0 saturated carbocycles. The Kier molecular flexibility index (Phi) is 54.3. The molecule has 0 spiro atoms. The first-order valence-electron chi connectivity index (χ1n) is 34.5. The smallest absolute Gasteiger partial charge is 0.306 e. The first-order chi connectivity index (χ1) is 38.7. The average Bonchev–Trinajstić information content (AvgIpc) is 3.50. The Hall–Kier alpha value is -1.60. The summed E-state index contributed by atoms with van der Waals surface area (Å²) in [6.07, 6.45) is 55.6. The van der Waals surface area contributed by atoms with E-state index < -0.39 is 67.4 Å². The first-order valence-corrected chi connectivity index (χ1v) is 34.5. The Morgan fingerprint density at radius 3 is 1.19 bits per heavy atom. The zero-order valence-corrected chi connectivity index (χ0v) is 52.0. The summed E-state index contributed by atoms with van der Waals surface area (Å²) in [7, 11) is 0. The molecule has 0 bridgehead atoms. The standard InChI is InChI=1S/C68H131NO10/c1-4-7-10-13-16-19-22-24-25-26-27-28-29-30-31-32-33-34-35-36-37-38-41-44-47-50-53-56-63(73)79-66-65(75)64(74)62(57-70)78-68(66)77-58-59(60(71)54-51-48-45-42-39-21-18-15-12-9-6-3)69-67(76)61(72)55-52-49-46-43-40-23-20-17-14-11-8-5-2/h51,54,59-62,64-66,68,70-72,74-75H,4-50,52-53,55-58H2,1-3H3,(H,69,76)/b54-51+. The molecule has 0 aromatic heterocycles. The van der Waals surface area contributed by atoms with Gasteiger partial charge in [0.15, 0.2) is 12.4 Å². The van der Waals surface area contributed by atoms with Gasteiger partial charge in [-0.15, -0.1) is 0 Å². The number of allylic oxidation sites excluding steroid dienone is 1. The van der Waals surface area contributed by atoms with Crippen molar-refractivity contribution in [3.8, 4) is 0 Å². The lowest BCUT2D eigenvalue weighted by atomic mass is 9.99. The molecule has 0 aromatic rings. The summed E-state index contributed by atoms with van der Waals surface area (Å²) < 4.78 is 17.7. The number of amides is 1. The van der Waals surface area contributed by atoms with E-state index in [9.17, 15) is 35.1 Å². The van der Waals surface area contributed by atoms with Gasteiger partial charge >= 0.3 is 5.97 Å². The van der Waals surface area contributed by atoms with Crippen molar-refractivity contribution in [1.29, 1.82) is 0 Å². The number of hydrogen-bond donors (Lipinski definition) is 6. The lowest BCUT2D eigenvalue weighted by molar-refractivity contribution is -0.305. The van der Waals surface area contributed by atoms with Crippen LogP contribution < -0.4 is 5.32 Å². The predicted octanol–water partition coefficient (Wildman–Crippen LogP) is 17.1. The van der Waals surface area contributed by atoms with Crippen molar-refractivity contribution in [3.05, 3.63) is 12.2 Å². The minimum absolute atomic E-state index is 0.132. The molecule has 79 heavy (non-hydrogen) atoms. The molecule has 1 aliphatic rings. The van der Waals surface area contributed by atoms with Crippen LogP contribution in [-0.4, -0.2) is 99.6 Å². The Balaban J connectivity index is 2.48. The second-order valence-electron chi connectivity index (χ2n) is 24.3. The van der Waals surface area contributed by atoms with Crippen molar-refractivity contribution in [2.45, 2.75) is 397 Å². The first kappa shape index (κ1) is 75.4. The highest BCUT2D eigenvalue weighted by molar-refractivity contribution is 5.80. The monoisotopic (exact) mass is 1120 g/mol. The molecule has 0 aliphatic carbocycles. The fourth-order valence-corrected chi connectivity index (χ4v) is 11.2. The van der Waals surface area contributed by atoms with E-state index in [0.717, 1.165) is 57.8 Å². The molecule has 468 valence electrons. The normalized spacial score (nSPS) is 18.8. The molecule has 11 nitrogen and oxygen atoms in total. The number of unbranched alkanes of at least 4 members (excludes halogenated alkanes) is 46. The summed E-state index contributed by atoms with van der Waals surface area (Å²) in [5.74, 6) is -1.17. The van der Waals surface area contributed by atoms with E-state index in [4.69, 9.17) is 14.2 Å². The van der Waals surface area contributed by atoms with E-state index in [1.807, 2.05) is 6.08 Å². The van der Waals surface area contributed by atoms with Crippen LogP contribution in [0.4, 0.5) is 0 Å². The van der Waals surface area contributed by atoms with Gasteiger partial charge in [-0.1, -0.05) is 328 Å². The third-order valence-electron chi connectivity index (χ3n) is 16.7. The molecule has 1 rings (SSSR count). The predicted molar refractivity (Wildman–Crippen MR) is 329 cm³/mol. The maximum Gasteiger partial charge on any atom is 0.306 e. The van der Waals surface area contributed by atoms with Crippen molar-refractivity contribution in [2.24, 2.45) is 0 Å². The number of carbonyl (C=O) groups excluding carboxylic acids is 2. The van der Waals surface area contributed by atoms with E-state index in [0.29, 0.717) is 19.3 Å².